The number of nitrogens with one attached hydrogen (secondary N) is 1. The van der Waals surface area contributed by atoms with Crippen molar-refractivity contribution in [2.24, 2.45) is 5.92 Å². The van der Waals surface area contributed by atoms with Crippen molar-refractivity contribution in [1.82, 2.24) is 0 Å². The van der Waals surface area contributed by atoms with Gasteiger partial charge in [0, 0.05) is 11.5 Å². The van der Waals surface area contributed by atoms with Gasteiger partial charge in [0.1, 0.15) is 5.82 Å². The molecule has 23 heavy (non-hydrogen) atoms. The zero-order valence-corrected chi connectivity index (χ0v) is 12.4. The lowest BCUT2D eigenvalue weighted by atomic mass is 9.76. The van der Waals surface area contributed by atoms with Crippen LogP contribution >= 0.6 is 0 Å². The molecular weight excluding hydrogens is 293 g/mol. The van der Waals surface area contributed by atoms with Gasteiger partial charge in [0.25, 0.3) is 0 Å². The molecule has 2 N–H and O–H groups in total. The zero-order chi connectivity index (χ0) is 16.0. The number of carbonyl (C=O) groups is 1. The number of rotatable bonds is 2. The number of anilines is 1. The van der Waals surface area contributed by atoms with E-state index in [4.69, 9.17) is 0 Å². The summed E-state index contributed by atoms with van der Waals surface area (Å²) in [5, 5.41) is 12.8. The number of fused-ring (bicyclic) bond motifs is 3. The van der Waals surface area contributed by atoms with E-state index in [0.717, 1.165) is 12.0 Å². The molecule has 0 unspecified atom stereocenters. The van der Waals surface area contributed by atoms with Crippen molar-refractivity contribution < 1.29 is 14.3 Å². The Kier molecular flexibility index (Phi) is 3.18. The van der Waals surface area contributed by atoms with Crippen molar-refractivity contribution in [3.8, 4) is 0 Å². The summed E-state index contributed by atoms with van der Waals surface area (Å²) in [6.07, 6.45) is 5.07. The van der Waals surface area contributed by atoms with Gasteiger partial charge in [-0.1, -0.05) is 42.5 Å². The molecule has 0 aromatic heterocycles. The first kappa shape index (κ1) is 14.0. The van der Waals surface area contributed by atoms with Crippen LogP contribution in [-0.4, -0.2) is 11.1 Å². The second kappa shape index (κ2) is 5.23. The predicted molar refractivity (Wildman–Crippen MR) is 86.2 cm³/mol. The van der Waals surface area contributed by atoms with Crippen molar-refractivity contribution in [3.63, 3.8) is 0 Å². The first-order valence-corrected chi connectivity index (χ1v) is 7.70. The Morgan fingerprint density at radius 1 is 1.13 bits per heavy atom. The first-order valence-electron chi connectivity index (χ1n) is 7.70. The Morgan fingerprint density at radius 3 is 2.70 bits per heavy atom. The van der Waals surface area contributed by atoms with Crippen LogP contribution in [0.4, 0.5) is 10.1 Å². The molecule has 4 rings (SSSR count). The molecule has 1 aliphatic carbocycles. The molecule has 3 nitrogen and oxygen atoms in total. The molecule has 2 aromatic rings. The molecule has 116 valence electrons. The number of hydrogen-bond donors (Lipinski definition) is 2. The summed E-state index contributed by atoms with van der Waals surface area (Å²) in [5.74, 6) is -0.910. The van der Waals surface area contributed by atoms with Crippen molar-refractivity contribution in [2.45, 2.75) is 18.4 Å². The maximum absolute atomic E-state index is 14.3. The molecular formula is C19H16FNO2. The van der Waals surface area contributed by atoms with E-state index < -0.39 is 5.97 Å². The van der Waals surface area contributed by atoms with Crippen molar-refractivity contribution in [2.75, 3.05) is 5.32 Å². The quantitative estimate of drug-likeness (QED) is 0.811. The highest BCUT2D eigenvalue weighted by Gasteiger charge is 2.40. The molecule has 0 bridgehead atoms. The molecule has 0 radical (unpaired) electrons. The normalized spacial score (nSPS) is 24.7. The fourth-order valence-corrected chi connectivity index (χ4v) is 3.83. The number of hydrogen-bond acceptors (Lipinski definition) is 2. The molecule has 2 aromatic carbocycles. The minimum absolute atomic E-state index is 0.121. The van der Waals surface area contributed by atoms with Crippen molar-refractivity contribution in [3.05, 3.63) is 77.1 Å². The lowest BCUT2D eigenvalue weighted by molar-refractivity contribution is 0.0697. The SMILES string of the molecule is O=C(O)c1cccc2c1N[C@@H](c1ccccc1F)[C@H]1CC=C[C@H]21. The number of carboxylic acid groups (broad SMARTS) is 1. The van der Waals surface area contributed by atoms with Gasteiger partial charge in [0.2, 0.25) is 0 Å². The number of halogens is 1. The molecule has 2 aliphatic rings. The fraction of sp³-hybridized carbons (Fsp3) is 0.211. The van der Waals surface area contributed by atoms with Crippen LogP contribution in [0.5, 0.6) is 0 Å². The van der Waals surface area contributed by atoms with Crippen LogP contribution in [0, 0.1) is 11.7 Å². The van der Waals surface area contributed by atoms with Crippen LogP contribution in [0.1, 0.15) is 39.9 Å². The van der Waals surface area contributed by atoms with Gasteiger partial charge >= 0.3 is 5.97 Å². The van der Waals surface area contributed by atoms with E-state index >= 15 is 0 Å². The number of benzene rings is 2. The van der Waals surface area contributed by atoms with Crippen LogP contribution in [0.15, 0.2) is 54.6 Å². The second-order valence-electron chi connectivity index (χ2n) is 6.07. The highest BCUT2D eigenvalue weighted by atomic mass is 19.1. The van der Waals surface area contributed by atoms with Crippen molar-refractivity contribution >= 4 is 11.7 Å². The van der Waals surface area contributed by atoms with Gasteiger partial charge in [-0.3, -0.25) is 0 Å². The average molecular weight is 309 g/mol. The van der Waals surface area contributed by atoms with E-state index in [1.54, 1.807) is 24.3 Å². The van der Waals surface area contributed by atoms with Crippen LogP contribution < -0.4 is 5.32 Å². The van der Waals surface area contributed by atoms with E-state index in [9.17, 15) is 14.3 Å². The maximum Gasteiger partial charge on any atom is 0.337 e. The fourth-order valence-electron chi connectivity index (χ4n) is 3.83. The van der Waals surface area contributed by atoms with Gasteiger partial charge in [-0.25, -0.2) is 9.18 Å². The van der Waals surface area contributed by atoms with E-state index in [2.05, 4.69) is 17.5 Å². The summed E-state index contributed by atoms with van der Waals surface area (Å²) in [5.41, 5.74) is 2.43. The molecule has 4 heteroatoms. The van der Waals surface area contributed by atoms with E-state index in [0.29, 0.717) is 11.3 Å². The minimum atomic E-state index is -0.970. The molecule has 0 saturated carbocycles. The zero-order valence-electron chi connectivity index (χ0n) is 12.4. The monoisotopic (exact) mass is 309 g/mol. The molecule has 0 fully saturated rings. The van der Waals surface area contributed by atoms with E-state index in [1.165, 1.54) is 6.07 Å². The lowest BCUT2D eigenvalue weighted by Gasteiger charge is -2.38. The number of para-hydroxylation sites is 1. The maximum atomic E-state index is 14.3. The Morgan fingerprint density at radius 2 is 1.91 bits per heavy atom. The third kappa shape index (κ3) is 2.13. The molecule has 0 spiro atoms. The molecule has 0 saturated heterocycles. The predicted octanol–water partition coefficient (Wildman–Crippen LogP) is 4.35. The highest BCUT2D eigenvalue weighted by Crippen LogP contribution is 2.50. The van der Waals surface area contributed by atoms with Gasteiger partial charge in [-0.2, -0.15) is 0 Å². The summed E-state index contributed by atoms with van der Waals surface area (Å²) < 4.78 is 14.3. The summed E-state index contributed by atoms with van der Waals surface area (Å²) in [6, 6.07) is 11.8. The van der Waals surface area contributed by atoms with Gasteiger partial charge < -0.3 is 10.4 Å². The Hall–Kier alpha value is -2.62. The number of allylic oxidation sites excluding steroid dienone is 2. The number of carboxylic acids is 1. The van der Waals surface area contributed by atoms with E-state index in [1.807, 2.05) is 12.1 Å². The smallest absolute Gasteiger partial charge is 0.337 e. The van der Waals surface area contributed by atoms with Gasteiger partial charge in [0.05, 0.1) is 17.3 Å². The summed E-state index contributed by atoms with van der Waals surface area (Å²) >= 11 is 0. The van der Waals surface area contributed by atoms with Crippen LogP contribution in [0.25, 0.3) is 0 Å². The molecule has 1 heterocycles. The minimum Gasteiger partial charge on any atom is -0.478 e. The Labute approximate surface area is 133 Å². The number of aromatic carboxylic acids is 1. The summed E-state index contributed by atoms with van der Waals surface area (Å²) in [6.45, 7) is 0. The molecule has 0 amide bonds. The van der Waals surface area contributed by atoms with Crippen molar-refractivity contribution in [1.29, 1.82) is 0 Å². The lowest BCUT2D eigenvalue weighted by Crippen LogP contribution is -2.30. The highest BCUT2D eigenvalue weighted by molar-refractivity contribution is 5.95. The molecule has 1 aliphatic heterocycles. The summed E-state index contributed by atoms with van der Waals surface area (Å²) in [4.78, 5) is 11.5. The second-order valence-corrected chi connectivity index (χ2v) is 6.07. The third-order valence-corrected chi connectivity index (χ3v) is 4.87. The third-order valence-electron chi connectivity index (χ3n) is 4.87. The Bertz CT molecular complexity index is 815. The topological polar surface area (TPSA) is 49.3 Å². The average Bonchev–Trinajstić information content (AvgIpc) is 3.04. The van der Waals surface area contributed by atoms with E-state index in [-0.39, 0.29) is 29.3 Å². The van der Waals surface area contributed by atoms with Gasteiger partial charge in [-0.05, 0) is 30.0 Å². The standard InChI is InChI=1S/C19H16FNO2/c20-16-10-2-1-5-14(16)17-12-7-3-6-11(12)13-8-4-9-15(19(22)23)18(13)21-17/h1-6,8-12,17,21H,7H2,(H,22,23)/t11-,12-,17+/m0/s1. The summed E-state index contributed by atoms with van der Waals surface area (Å²) in [7, 11) is 0. The van der Waals surface area contributed by atoms with Gasteiger partial charge in [0.15, 0.2) is 0 Å². The van der Waals surface area contributed by atoms with Crippen LogP contribution in [0.2, 0.25) is 0 Å². The first-order chi connectivity index (χ1) is 11.2. The Balaban J connectivity index is 1.87. The van der Waals surface area contributed by atoms with Gasteiger partial charge in [-0.15, -0.1) is 0 Å². The molecule has 3 atom stereocenters. The largest absolute Gasteiger partial charge is 0.478 e. The van der Waals surface area contributed by atoms with Crippen LogP contribution in [-0.2, 0) is 0 Å². The van der Waals surface area contributed by atoms with Crippen LogP contribution in [0.3, 0.4) is 0 Å².